The van der Waals surface area contributed by atoms with E-state index < -0.39 is 5.97 Å². The van der Waals surface area contributed by atoms with Crippen LogP contribution in [0.25, 0.3) is 0 Å². The molecule has 1 saturated carbocycles. The van der Waals surface area contributed by atoms with Gasteiger partial charge in [-0.3, -0.25) is 0 Å². The molecule has 2 N–H and O–H groups in total. The lowest BCUT2D eigenvalue weighted by molar-refractivity contribution is 0.0683. The third-order valence-corrected chi connectivity index (χ3v) is 3.80. The van der Waals surface area contributed by atoms with Crippen LogP contribution in [0.1, 0.15) is 48.1 Å². The number of nitrogens with zero attached hydrogens (tertiary/aromatic N) is 2. The van der Waals surface area contributed by atoms with Crippen LogP contribution in [0.3, 0.4) is 0 Å². The van der Waals surface area contributed by atoms with E-state index in [0.29, 0.717) is 23.5 Å². The molecule has 0 bridgehead atoms. The molecule has 0 aliphatic heterocycles. The van der Waals surface area contributed by atoms with Gasteiger partial charge in [-0.1, -0.05) is 6.42 Å². The number of aryl methyl sites for hydroxylation is 1. The lowest BCUT2D eigenvalue weighted by Crippen LogP contribution is -2.31. The summed E-state index contributed by atoms with van der Waals surface area (Å²) >= 11 is 0. The summed E-state index contributed by atoms with van der Waals surface area (Å²) < 4.78 is 0. The first-order chi connectivity index (χ1) is 8.49. The Labute approximate surface area is 107 Å². The van der Waals surface area contributed by atoms with Gasteiger partial charge in [0.25, 0.3) is 0 Å². The van der Waals surface area contributed by atoms with E-state index in [1.807, 2.05) is 13.8 Å². The zero-order valence-corrected chi connectivity index (χ0v) is 11.0. The van der Waals surface area contributed by atoms with Crippen LogP contribution >= 0.6 is 0 Å². The summed E-state index contributed by atoms with van der Waals surface area (Å²) in [5.41, 5.74) is 1.64. The Balaban J connectivity index is 2.22. The van der Waals surface area contributed by atoms with Crippen molar-refractivity contribution in [2.75, 3.05) is 5.32 Å². The topological polar surface area (TPSA) is 75.1 Å². The molecule has 1 unspecified atom stereocenters. The molecule has 2 rings (SSSR count). The van der Waals surface area contributed by atoms with Gasteiger partial charge in [0.15, 0.2) is 0 Å². The fourth-order valence-electron chi connectivity index (χ4n) is 2.14. The number of aromatic nitrogens is 2. The van der Waals surface area contributed by atoms with Gasteiger partial charge in [0.05, 0.1) is 0 Å². The Morgan fingerprint density at radius 2 is 2.06 bits per heavy atom. The van der Waals surface area contributed by atoms with E-state index in [0.717, 1.165) is 5.56 Å². The monoisotopic (exact) mass is 249 g/mol. The molecule has 1 fully saturated rings. The van der Waals surface area contributed by atoms with Gasteiger partial charge in [0.1, 0.15) is 5.82 Å². The molecule has 5 nitrogen and oxygen atoms in total. The molecular formula is C13H19N3O2. The molecule has 1 aliphatic carbocycles. The van der Waals surface area contributed by atoms with Gasteiger partial charge in [0, 0.05) is 17.3 Å². The molecule has 0 radical (unpaired) electrons. The average Bonchev–Trinajstić information content (AvgIpc) is 2.21. The second-order valence-corrected chi connectivity index (χ2v) is 5.04. The summed E-state index contributed by atoms with van der Waals surface area (Å²) in [6.45, 7) is 5.85. The Bertz CT molecular complexity index is 470. The molecule has 5 heteroatoms. The molecule has 1 aromatic rings. The van der Waals surface area contributed by atoms with E-state index in [9.17, 15) is 4.79 Å². The number of rotatable bonds is 4. The number of anilines is 1. The SMILES string of the molecule is Cc1nc(C(=O)O)nc(NC(C)C2CCC2)c1C. The summed E-state index contributed by atoms with van der Waals surface area (Å²) in [6.07, 6.45) is 3.77. The minimum absolute atomic E-state index is 0.138. The van der Waals surface area contributed by atoms with Crippen molar-refractivity contribution in [2.45, 2.75) is 46.1 Å². The standard InChI is InChI=1S/C13H19N3O2/c1-7-8(2)14-12(13(17)18)16-11(7)15-9(3)10-5-4-6-10/h9-10H,4-6H2,1-3H3,(H,17,18)(H,14,15,16). The van der Waals surface area contributed by atoms with Crippen molar-refractivity contribution < 1.29 is 9.90 Å². The van der Waals surface area contributed by atoms with Crippen molar-refractivity contribution in [1.82, 2.24) is 9.97 Å². The first-order valence-corrected chi connectivity index (χ1v) is 6.34. The summed E-state index contributed by atoms with van der Waals surface area (Å²) in [4.78, 5) is 19.0. The number of aromatic carboxylic acids is 1. The van der Waals surface area contributed by atoms with Crippen LogP contribution in [-0.4, -0.2) is 27.1 Å². The second kappa shape index (κ2) is 4.92. The third kappa shape index (κ3) is 2.44. The normalized spacial score (nSPS) is 17.1. The number of nitrogens with one attached hydrogen (secondary N) is 1. The summed E-state index contributed by atoms with van der Waals surface area (Å²) in [5.74, 6) is 0.103. The molecule has 1 aliphatic rings. The highest BCUT2D eigenvalue weighted by Gasteiger charge is 2.25. The second-order valence-electron chi connectivity index (χ2n) is 5.04. The largest absolute Gasteiger partial charge is 0.475 e. The number of carbonyl (C=O) groups is 1. The van der Waals surface area contributed by atoms with Gasteiger partial charge < -0.3 is 10.4 Å². The van der Waals surface area contributed by atoms with Gasteiger partial charge in [0.2, 0.25) is 5.82 Å². The molecular weight excluding hydrogens is 230 g/mol. The highest BCUT2D eigenvalue weighted by molar-refractivity contribution is 5.83. The number of hydrogen-bond acceptors (Lipinski definition) is 4. The molecule has 0 saturated heterocycles. The third-order valence-electron chi connectivity index (χ3n) is 3.80. The smallest absolute Gasteiger partial charge is 0.374 e. The maximum Gasteiger partial charge on any atom is 0.374 e. The fourth-order valence-corrected chi connectivity index (χ4v) is 2.14. The van der Waals surface area contributed by atoms with E-state index in [-0.39, 0.29) is 5.82 Å². The average molecular weight is 249 g/mol. The lowest BCUT2D eigenvalue weighted by atomic mass is 9.80. The van der Waals surface area contributed by atoms with Crippen LogP contribution < -0.4 is 5.32 Å². The zero-order valence-electron chi connectivity index (χ0n) is 11.0. The Hall–Kier alpha value is -1.65. The summed E-state index contributed by atoms with van der Waals surface area (Å²) in [5, 5.41) is 12.3. The van der Waals surface area contributed by atoms with Crippen molar-refractivity contribution >= 4 is 11.8 Å². The van der Waals surface area contributed by atoms with Crippen LogP contribution in [0, 0.1) is 19.8 Å². The van der Waals surface area contributed by atoms with Crippen LogP contribution in [0.5, 0.6) is 0 Å². The molecule has 0 aromatic carbocycles. The fraction of sp³-hybridized carbons (Fsp3) is 0.615. The van der Waals surface area contributed by atoms with Crippen molar-refractivity contribution in [2.24, 2.45) is 5.92 Å². The highest BCUT2D eigenvalue weighted by Crippen LogP contribution is 2.31. The highest BCUT2D eigenvalue weighted by atomic mass is 16.4. The maximum atomic E-state index is 11.0. The van der Waals surface area contributed by atoms with Gasteiger partial charge in [-0.25, -0.2) is 14.8 Å². The first kappa shape index (κ1) is 12.8. The van der Waals surface area contributed by atoms with Gasteiger partial charge in [-0.15, -0.1) is 0 Å². The van der Waals surface area contributed by atoms with E-state index in [4.69, 9.17) is 5.11 Å². The van der Waals surface area contributed by atoms with Crippen molar-refractivity contribution in [3.8, 4) is 0 Å². The molecule has 0 amide bonds. The number of hydrogen-bond donors (Lipinski definition) is 2. The minimum Gasteiger partial charge on any atom is -0.475 e. The Morgan fingerprint density at radius 3 is 2.56 bits per heavy atom. The minimum atomic E-state index is -1.09. The quantitative estimate of drug-likeness (QED) is 0.857. The summed E-state index contributed by atoms with van der Waals surface area (Å²) in [6, 6.07) is 0.327. The van der Waals surface area contributed by atoms with Gasteiger partial charge in [-0.05, 0) is 39.5 Å². The van der Waals surface area contributed by atoms with Crippen LogP contribution in [0.2, 0.25) is 0 Å². The lowest BCUT2D eigenvalue weighted by Gasteiger charge is -2.32. The first-order valence-electron chi connectivity index (χ1n) is 6.34. The van der Waals surface area contributed by atoms with Crippen LogP contribution in [0.4, 0.5) is 5.82 Å². The van der Waals surface area contributed by atoms with E-state index >= 15 is 0 Å². The molecule has 1 heterocycles. The van der Waals surface area contributed by atoms with Gasteiger partial charge >= 0.3 is 5.97 Å². The molecule has 98 valence electrons. The van der Waals surface area contributed by atoms with Crippen LogP contribution in [-0.2, 0) is 0 Å². The Morgan fingerprint density at radius 1 is 1.39 bits per heavy atom. The predicted molar refractivity (Wildman–Crippen MR) is 68.9 cm³/mol. The van der Waals surface area contributed by atoms with Crippen molar-refractivity contribution in [3.05, 3.63) is 17.1 Å². The Kier molecular flexibility index (Phi) is 3.50. The molecule has 0 spiro atoms. The van der Waals surface area contributed by atoms with Crippen molar-refractivity contribution in [1.29, 1.82) is 0 Å². The van der Waals surface area contributed by atoms with E-state index in [1.54, 1.807) is 0 Å². The van der Waals surface area contributed by atoms with E-state index in [1.165, 1.54) is 19.3 Å². The van der Waals surface area contributed by atoms with Crippen molar-refractivity contribution in [3.63, 3.8) is 0 Å². The maximum absolute atomic E-state index is 11.0. The number of carboxylic acid groups (broad SMARTS) is 1. The van der Waals surface area contributed by atoms with Gasteiger partial charge in [-0.2, -0.15) is 0 Å². The molecule has 1 atom stereocenters. The van der Waals surface area contributed by atoms with Crippen LogP contribution in [0.15, 0.2) is 0 Å². The van der Waals surface area contributed by atoms with E-state index in [2.05, 4.69) is 22.2 Å². The number of carboxylic acids is 1. The molecule has 1 aromatic heterocycles. The zero-order chi connectivity index (χ0) is 13.3. The predicted octanol–water partition coefficient (Wildman–Crippen LogP) is 2.39. The molecule has 18 heavy (non-hydrogen) atoms. The summed E-state index contributed by atoms with van der Waals surface area (Å²) in [7, 11) is 0.